The second kappa shape index (κ2) is 4.02. The van der Waals surface area contributed by atoms with Crippen molar-refractivity contribution in [2.45, 2.75) is 18.9 Å². The van der Waals surface area contributed by atoms with Gasteiger partial charge in [-0.3, -0.25) is 9.48 Å². The zero-order valence-electron chi connectivity index (χ0n) is 8.81. The molecule has 1 aromatic rings. The van der Waals surface area contributed by atoms with Gasteiger partial charge in [0.05, 0.1) is 0 Å². The molecule has 0 aromatic carbocycles. The molecule has 1 saturated carbocycles. The molecule has 0 bridgehead atoms. The van der Waals surface area contributed by atoms with Gasteiger partial charge in [-0.2, -0.15) is 5.10 Å². The monoisotopic (exact) mass is 208 g/mol. The number of hydrogen-bond donors (Lipinski definition) is 2. The Morgan fingerprint density at radius 3 is 3.00 bits per heavy atom. The van der Waals surface area contributed by atoms with Crippen molar-refractivity contribution in [3.8, 4) is 0 Å². The number of rotatable bonds is 3. The Kier molecular flexibility index (Phi) is 2.73. The molecule has 2 rings (SSSR count). The van der Waals surface area contributed by atoms with Crippen LogP contribution in [0, 0.1) is 5.92 Å². The fourth-order valence-electron chi connectivity index (χ4n) is 1.82. The van der Waals surface area contributed by atoms with E-state index in [1.165, 1.54) is 0 Å². The van der Waals surface area contributed by atoms with E-state index in [0.717, 1.165) is 12.8 Å². The number of carbonyl (C=O) groups excluding carboxylic acids is 1. The van der Waals surface area contributed by atoms with Crippen molar-refractivity contribution in [1.29, 1.82) is 0 Å². The van der Waals surface area contributed by atoms with Gasteiger partial charge in [-0.05, 0) is 24.8 Å². The lowest BCUT2D eigenvalue weighted by Crippen LogP contribution is -2.42. The van der Waals surface area contributed by atoms with Crippen molar-refractivity contribution in [2.75, 3.05) is 6.54 Å². The van der Waals surface area contributed by atoms with Gasteiger partial charge in [0.25, 0.3) is 5.91 Å². The first-order valence-electron chi connectivity index (χ1n) is 5.18. The lowest BCUT2D eigenvalue weighted by atomic mass is 9.81. The van der Waals surface area contributed by atoms with E-state index >= 15 is 0 Å². The summed E-state index contributed by atoms with van der Waals surface area (Å²) >= 11 is 0. The van der Waals surface area contributed by atoms with Crippen LogP contribution in [-0.2, 0) is 7.05 Å². The molecule has 5 heteroatoms. The van der Waals surface area contributed by atoms with Gasteiger partial charge in [0, 0.05) is 25.8 Å². The van der Waals surface area contributed by atoms with E-state index in [4.69, 9.17) is 5.73 Å². The minimum atomic E-state index is -0.101. The lowest BCUT2D eigenvalue weighted by Gasteiger charge is -2.32. The van der Waals surface area contributed by atoms with E-state index in [1.54, 1.807) is 24.0 Å². The fraction of sp³-hybridized carbons (Fsp3) is 0.600. The van der Waals surface area contributed by atoms with E-state index in [0.29, 0.717) is 24.2 Å². The van der Waals surface area contributed by atoms with Crippen LogP contribution in [0.15, 0.2) is 12.3 Å². The summed E-state index contributed by atoms with van der Waals surface area (Å²) in [6.45, 7) is 0.711. The summed E-state index contributed by atoms with van der Waals surface area (Å²) in [4.78, 5) is 11.6. The van der Waals surface area contributed by atoms with E-state index in [9.17, 15) is 4.79 Å². The van der Waals surface area contributed by atoms with Crippen molar-refractivity contribution in [2.24, 2.45) is 18.7 Å². The molecule has 0 saturated heterocycles. The molecule has 0 radical (unpaired) electrons. The Bertz CT molecular complexity index is 354. The molecular weight excluding hydrogens is 192 g/mol. The normalized spacial score (nSPS) is 24.7. The first kappa shape index (κ1) is 10.2. The number of aryl methyl sites for hydroxylation is 1. The molecule has 1 amide bonds. The summed E-state index contributed by atoms with van der Waals surface area (Å²) in [7, 11) is 1.79. The van der Waals surface area contributed by atoms with Crippen LogP contribution in [0.3, 0.4) is 0 Å². The average Bonchev–Trinajstić information content (AvgIpc) is 2.57. The number of nitrogens with two attached hydrogens (primary N) is 1. The standard InChI is InChI=1S/C10H16N4O/c1-14-3-2-9(13-14)10(15)12-6-7-4-8(11)5-7/h2-3,7-8H,4-6,11H2,1H3,(H,12,15). The second-order valence-electron chi connectivity index (χ2n) is 4.18. The van der Waals surface area contributed by atoms with Gasteiger partial charge in [-0.15, -0.1) is 0 Å². The molecule has 1 aromatic heterocycles. The minimum absolute atomic E-state index is 0.101. The summed E-state index contributed by atoms with van der Waals surface area (Å²) in [5.74, 6) is 0.448. The fourth-order valence-corrected chi connectivity index (χ4v) is 1.82. The van der Waals surface area contributed by atoms with Crippen LogP contribution in [-0.4, -0.2) is 28.3 Å². The third-order valence-corrected chi connectivity index (χ3v) is 2.77. The molecule has 3 N–H and O–H groups in total. The maximum Gasteiger partial charge on any atom is 0.271 e. The lowest BCUT2D eigenvalue weighted by molar-refractivity contribution is 0.0929. The summed E-state index contributed by atoms with van der Waals surface area (Å²) in [6.07, 6.45) is 3.79. The Morgan fingerprint density at radius 2 is 2.47 bits per heavy atom. The van der Waals surface area contributed by atoms with Crippen molar-refractivity contribution in [3.05, 3.63) is 18.0 Å². The predicted molar refractivity (Wildman–Crippen MR) is 56.2 cm³/mol. The Hall–Kier alpha value is -1.36. The van der Waals surface area contributed by atoms with Crippen LogP contribution in [0.2, 0.25) is 0 Å². The van der Waals surface area contributed by atoms with Gasteiger partial charge in [-0.25, -0.2) is 0 Å². The van der Waals surface area contributed by atoms with Gasteiger partial charge >= 0.3 is 0 Å². The van der Waals surface area contributed by atoms with Crippen molar-refractivity contribution >= 4 is 5.91 Å². The van der Waals surface area contributed by atoms with Gasteiger partial charge in [-0.1, -0.05) is 0 Å². The molecule has 1 aliphatic carbocycles. The molecule has 0 spiro atoms. The molecular formula is C10H16N4O. The van der Waals surface area contributed by atoms with E-state index in [1.807, 2.05) is 0 Å². The number of amides is 1. The number of nitrogens with one attached hydrogen (secondary N) is 1. The van der Waals surface area contributed by atoms with Crippen molar-refractivity contribution < 1.29 is 4.79 Å². The van der Waals surface area contributed by atoms with E-state index in [-0.39, 0.29) is 5.91 Å². The van der Waals surface area contributed by atoms with Crippen LogP contribution in [0.1, 0.15) is 23.3 Å². The van der Waals surface area contributed by atoms with Crippen molar-refractivity contribution in [3.63, 3.8) is 0 Å². The van der Waals surface area contributed by atoms with Gasteiger partial charge in [0.1, 0.15) is 5.69 Å². The number of carbonyl (C=O) groups is 1. The zero-order valence-corrected chi connectivity index (χ0v) is 8.81. The molecule has 1 aliphatic rings. The quantitative estimate of drug-likeness (QED) is 0.727. The predicted octanol–water partition coefficient (Wildman–Crippen LogP) is -0.113. The third-order valence-electron chi connectivity index (χ3n) is 2.77. The highest BCUT2D eigenvalue weighted by molar-refractivity contribution is 5.92. The summed E-state index contributed by atoms with van der Waals surface area (Å²) in [5.41, 5.74) is 6.13. The van der Waals surface area contributed by atoms with Crippen molar-refractivity contribution in [1.82, 2.24) is 15.1 Å². The second-order valence-corrected chi connectivity index (χ2v) is 4.18. The number of nitrogens with zero attached hydrogens (tertiary/aromatic N) is 2. The number of hydrogen-bond acceptors (Lipinski definition) is 3. The Balaban J connectivity index is 1.78. The van der Waals surface area contributed by atoms with Crippen LogP contribution in [0.5, 0.6) is 0 Å². The highest BCUT2D eigenvalue weighted by Gasteiger charge is 2.26. The van der Waals surface area contributed by atoms with Crippen LogP contribution >= 0.6 is 0 Å². The summed E-state index contributed by atoms with van der Waals surface area (Å²) in [6, 6.07) is 2.05. The van der Waals surface area contributed by atoms with Crippen LogP contribution < -0.4 is 11.1 Å². The number of aromatic nitrogens is 2. The van der Waals surface area contributed by atoms with Gasteiger partial charge < -0.3 is 11.1 Å². The van der Waals surface area contributed by atoms with Gasteiger partial charge in [0.15, 0.2) is 0 Å². The maximum atomic E-state index is 11.6. The zero-order chi connectivity index (χ0) is 10.8. The smallest absolute Gasteiger partial charge is 0.271 e. The Morgan fingerprint density at radius 1 is 1.73 bits per heavy atom. The van der Waals surface area contributed by atoms with E-state index in [2.05, 4.69) is 10.4 Å². The van der Waals surface area contributed by atoms with Gasteiger partial charge in [0.2, 0.25) is 0 Å². The molecule has 82 valence electrons. The third kappa shape index (κ3) is 2.36. The average molecular weight is 208 g/mol. The molecule has 1 heterocycles. The molecule has 0 aliphatic heterocycles. The molecule has 5 nitrogen and oxygen atoms in total. The summed E-state index contributed by atoms with van der Waals surface area (Å²) < 4.78 is 1.62. The van der Waals surface area contributed by atoms with Crippen LogP contribution in [0.25, 0.3) is 0 Å². The minimum Gasteiger partial charge on any atom is -0.350 e. The molecule has 0 atom stereocenters. The SMILES string of the molecule is Cn1ccc(C(=O)NCC2CC(N)C2)n1. The first-order chi connectivity index (χ1) is 7.15. The maximum absolute atomic E-state index is 11.6. The van der Waals surface area contributed by atoms with Crippen LogP contribution in [0.4, 0.5) is 0 Å². The molecule has 1 fully saturated rings. The molecule has 0 unspecified atom stereocenters. The van der Waals surface area contributed by atoms with E-state index < -0.39 is 0 Å². The summed E-state index contributed by atoms with van der Waals surface area (Å²) in [5, 5.41) is 6.89. The Labute approximate surface area is 88.6 Å². The first-order valence-corrected chi connectivity index (χ1v) is 5.18. The highest BCUT2D eigenvalue weighted by Crippen LogP contribution is 2.24. The topological polar surface area (TPSA) is 72.9 Å². The highest BCUT2D eigenvalue weighted by atomic mass is 16.1. The largest absolute Gasteiger partial charge is 0.350 e. The molecule has 15 heavy (non-hydrogen) atoms.